The Kier molecular flexibility index (Phi) is 38.4. The van der Waals surface area contributed by atoms with E-state index >= 15 is 0 Å². The molecule has 8 nitrogen and oxygen atoms in total. The van der Waals surface area contributed by atoms with Crippen LogP contribution in [0.15, 0.2) is 51.7 Å². The van der Waals surface area contributed by atoms with Crippen LogP contribution >= 0.6 is 39.1 Å². The van der Waals surface area contributed by atoms with E-state index in [1.807, 2.05) is 54.5 Å². The number of halogens is 6. The van der Waals surface area contributed by atoms with Crippen molar-refractivity contribution in [3.05, 3.63) is 68.7 Å². The van der Waals surface area contributed by atoms with Crippen LogP contribution in [-0.2, 0) is 22.3 Å². The Morgan fingerprint density at radius 1 is 1.08 bits per heavy atom. The van der Waals surface area contributed by atoms with Gasteiger partial charge in [0.2, 0.25) is 5.91 Å². The predicted octanol–water partition coefficient (Wildman–Crippen LogP) is 11.6. The molecule has 1 aliphatic rings. The zero-order valence-corrected chi connectivity index (χ0v) is 43.3. The quantitative estimate of drug-likeness (QED) is 0.0482. The molecule has 3 N–H and O–H groups in total. The van der Waals surface area contributed by atoms with Crippen molar-refractivity contribution in [1.29, 1.82) is 0 Å². The second kappa shape index (κ2) is 36.3. The molecule has 0 bridgehead atoms. The van der Waals surface area contributed by atoms with Gasteiger partial charge in [0, 0.05) is 46.2 Å². The van der Waals surface area contributed by atoms with E-state index in [4.69, 9.17) is 46.7 Å². The van der Waals surface area contributed by atoms with Crippen LogP contribution in [0.2, 0.25) is 5.02 Å². The van der Waals surface area contributed by atoms with E-state index in [1.165, 1.54) is 22.9 Å². The van der Waals surface area contributed by atoms with Crippen molar-refractivity contribution in [2.24, 2.45) is 16.8 Å². The molecule has 1 saturated carbocycles. The molecule has 2 aromatic rings. The molecular weight excluding hydrogens is 909 g/mol. The van der Waals surface area contributed by atoms with Crippen LogP contribution in [0, 0.1) is 24.7 Å². The van der Waals surface area contributed by atoms with Crippen LogP contribution in [0.25, 0.3) is 5.57 Å². The minimum Gasteiger partial charge on any atom is -0.411 e. The molecule has 3 unspecified atom stereocenters. The third-order valence-electron chi connectivity index (χ3n) is 8.11. The van der Waals surface area contributed by atoms with Crippen molar-refractivity contribution in [3.63, 3.8) is 0 Å². The summed E-state index contributed by atoms with van der Waals surface area (Å²) in [6.07, 6.45) is 11.8. The third-order valence-corrected chi connectivity index (χ3v) is 9.15. The normalized spacial score (nSPS) is 14.7. The van der Waals surface area contributed by atoms with Crippen molar-refractivity contribution in [1.82, 2.24) is 25.7 Å². The van der Waals surface area contributed by atoms with Gasteiger partial charge in [0.15, 0.2) is 5.69 Å². The van der Waals surface area contributed by atoms with Crippen LogP contribution in [0.3, 0.4) is 0 Å². The van der Waals surface area contributed by atoms with Gasteiger partial charge in [0.25, 0.3) is 0 Å². The molecule has 1 heterocycles. The molecule has 3 rings (SSSR count). The molecule has 6 radical (unpaired) electrons. The molecule has 1 aliphatic carbocycles. The number of aliphatic imine (C=N–C) groups is 1. The van der Waals surface area contributed by atoms with Crippen molar-refractivity contribution < 1.29 is 22.8 Å². The summed E-state index contributed by atoms with van der Waals surface area (Å²) in [7, 11) is 18.4. The van der Waals surface area contributed by atoms with E-state index in [1.54, 1.807) is 54.8 Å². The van der Waals surface area contributed by atoms with Gasteiger partial charge in [0.05, 0.1) is 41.3 Å². The van der Waals surface area contributed by atoms with Crippen LogP contribution in [-0.4, -0.2) is 81.5 Å². The summed E-state index contributed by atoms with van der Waals surface area (Å²) in [5, 5.41) is 11.6. The number of unbranched alkanes of at least 4 members (excludes halogenated alkanes) is 1. The Morgan fingerprint density at radius 2 is 1.65 bits per heavy atom. The first-order valence-corrected chi connectivity index (χ1v) is 23.1. The van der Waals surface area contributed by atoms with Crippen LogP contribution in [0.4, 0.5) is 13.2 Å². The molecule has 63 heavy (non-hydrogen) atoms. The number of carbonyl (C=O) groups excluding carboxylic acids is 2. The molecule has 3 atom stereocenters. The van der Waals surface area contributed by atoms with Gasteiger partial charge in [-0.05, 0) is 120 Å². The number of benzene rings is 1. The summed E-state index contributed by atoms with van der Waals surface area (Å²) in [4.78, 5) is 26.5. The molecule has 0 spiro atoms. The lowest BCUT2D eigenvalue weighted by atomic mass is 9.49. The Morgan fingerprint density at radius 3 is 2.08 bits per heavy atom. The number of nitrogens with one attached hydrogen (secondary N) is 3. The summed E-state index contributed by atoms with van der Waals surface area (Å²) < 4.78 is 42.5. The number of aldehydes is 1. The molecule has 1 amide bonds. The molecule has 350 valence electrons. The number of likely N-dealkylation sites (N-methyl/N-ethyl adjacent to an activating group) is 1. The monoisotopic (exact) mass is 980 g/mol. The Balaban J connectivity index is -0.000000523. The van der Waals surface area contributed by atoms with Gasteiger partial charge >= 0.3 is 6.18 Å². The molecule has 1 aromatic heterocycles. The van der Waals surface area contributed by atoms with Crippen molar-refractivity contribution in [3.8, 4) is 12.8 Å². The highest BCUT2D eigenvalue weighted by atomic mass is 79.9. The molecule has 0 aliphatic heterocycles. The number of allylic oxidation sites excluding steroid dienone is 1. The van der Waals surface area contributed by atoms with E-state index < -0.39 is 28.6 Å². The fourth-order valence-corrected chi connectivity index (χ4v) is 6.38. The molecule has 1 fully saturated rings. The lowest BCUT2D eigenvalue weighted by Gasteiger charge is -2.29. The molecular formula is C46H73B3BrCl2F3N6O2. The fourth-order valence-electron chi connectivity index (χ4n) is 5.29. The first-order valence-electron chi connectivity index (χ1n) is 21.4. The maximum atomic E-state index is 13.4. The smallest absolute Gasteiger partial charge is 0.411 e. The SMILES string of the molecule is C#C.CC.CC.CC.CCCC=O.ClCCC1CC1c1ccc(Br)cc1Cl.[B]C([B])([B])N/C=C(\CNC)CC(C)C(=O)NC(C)(C)Cn1nc(C(F)(F)F)cc1/C(C)=C/N=C(C)C. The first-order chi connectivity index (χ1) is 29.5. The number of amides is 1. The topological polar surface area (TPSA) is 100 Å². The third kappa shape index (κ3) is 30.8. The number of alkyl halides is 4. The van der Waals surface area contributed by atoms with Crippen LogP contribution < -0.4 is 16.0 Å². The summed E-state index contributed by atoms with van der Waals surface area (Å²) in [5.41, 5.74) is 1.70. The summed E-state index contributed by atoms with van der Waals surface area (Å²) >= 11 is 15.3. The largest absolute Gasteiger partial charge is 0.435 e. The Labute approximate surface area is 402 Å². The minimum absolute atomic E-state index is 0.00762. The zero-order valence-electron chi connectivity index (χ0n) is 40.2. The van der Waals surface area contributed by atoms with E-state index in [2.05, 4.69) is 67.0 Å². The minimum atomic E-state index is -4.61. The summed E-state index contributed by atoms with van der Waals surface area (Å²) in [6, 6.07) is 7.12. The maximum Gasteiger partial charge on any atom is 0.435 e. The van der Waals surface area contributed by atoms with Gasteiger partial charge in [-0.2, -0.15) is 18.3 Å². The highest BCUT2D eigenvalue weighted by molar-refractivity contribution is 9.10. The average molecular weight is 982 g/mol. The van der Waals surface area contributed by atoms with Crippen molar-refractivity contribution in [2.45, 2.75) is 152 Å². The van der Waals surface area contributed by atoms with Crippen molar-refractivity contribution in [2.75, 3.05) is 19.5 Å². The Hall–Kier alpha value is -2.92. The van der Waals surface area contributed by atoms with E-state index in [-0.39, 0.29) is 18.1 Å². The lowest BCUT2D eigenvalue weighted by molar-refractivity contribution is -0.141. The molecule has 1 aromatic carbocycles. The van der Waals surface area contributed by atoms with Gasteiger partial charge < -0.3 is 20.7 Å². The predicted molar refractivity (Wildman–Crippen MR) is 271 cm³/mol. The number of hydrogen-bond acceptors (Lipinski definition) is 6. The summed E-state index contributed by atoms with van der Waals surface area (Å²) in [5.74, 6) is 1.43. The number of rotatable bonds is 17. The van der Waals surface area contributed by atoms with Gasteiger partial charge in [-0.25, -0.2) is 0 Å². The number of terminal acetylenes is 1. The van der Waals surface area contributed by atoms with Gasteiger partial charge in [-0.1, -0.05) is 94.2 Å². The fraction of sp³-hybridized carbons (Fsp3) is 0.609. The number of nitrogens with zero attached hydrogens (tertiary/aromatic N) is 3. The van der Waals surface area contributed by atoms with Crippen LogP contribution in [0.5, 0.6) is 0 Å². The number of carbonyl (C=O) groups is 2. The standard InChI is InChI=1S/C23H34B3F3N6O.C11H11BrCl2.C4H8O.3C2H6.C2H2/c1-14(2)31-10-16(4)18-9-19(22(27,28)29)34-35(18)13-21(5,6)33-20(36)15(3)8-17(11-30-7)12-32-23(24,25)26;12-8-1-2-9(11(14)6-8)10-5-7(10)3-4-13;1-2-3-4-5;4*1-2/h9-10,12,15,30,32H,8,11,13H2,1-7H3,(H,33,36);1-2,6-7,10H,3-5H2;4H,2-3H2,1H3;3*1-2H3;1-2H/b16-10+,17-12-;;;;;;. The second-order valence-electron chi connectivity index (χ2n) is 14.5. The van der Waals surface area contributed by atoms with Gasteiger partial charge in [-0.15, -0.1) is 24.4 Å². The van der Waals surface area contributed by atoms with Gasteiger partial charge in [0.1, 0.15) is 6.29 Å². The van der Waals surface area contributed by atoms with E-state index in [9.17, 15) is 22.8 Å². The highest BCUT2D eigenvalue weighted by Gasteiger charge is 2.38. The first kappa shape index (κ1) is 66.7. The van der Waals surface area contributed by atoms with E-state index in [0.29, 0.717) is 30.9 Å². The molecule has 17 heteroatoms. The van der Waals surface area contributed by atoms with Crippen LogP contribution in [0.1, 0.15) is 145 Å². The highest BCUT2D eigenvalue weighted by Crippen LogP contribution is 2.51. The average Bonchev–Trinajstić information content (AvgIpc) is 3.85. The summed E-state index contributed by atoms with van der Waals surface area (Å²) in [6.45, 7) is 24.9. The second-order valence-corrected chi connectivity index (χ2v) is 16.2. The van der Waals surface area contributed by atoms with E-state index in [0.717, 1.165) is 57.8 Å². The van der Waals surface area contributed by atoms with Crippen molar-refractivity contribution >= 4 is 86.1 Å². The maximum absolute atomic E-state index is 13.4. The number of aromatic nitrogens is 2. The van der Waals surface area contributed by atoms with Gasteiger partial charge in [-0.3, -0.25) is 14.5 Å². The lowest BCUT2D eigenvalue weighted by Crippen LogP contribution is -2.49. The Bertz CT molecular complexity index is 1680. The molecule has 0 saturated heterocycles. The zero-order chi connectivity index (χ0) is 50.1. The number of hydrogen-bond donors (Lipinski definition) is 3.